The van der Waals surface area contributed by atoms with Crippen LogP contribution in [0.5, 0.6) is 0 Å². The molecule has 0 unspecified atom stereocenters. The summed E-state index contributed by atoms with van der Waals surface area (Å²) in [7, 11) is 0. The molecule has 6 nitrogen and oxygen atoms in total. The second-order valence-electron chi connectivity index (χ2n) is 4.70. The molecule has 0 amide bonds. The van der Waals surface area contributed by atoms with E-state index in [9.17, 15) is 9.59 Å². The van der Waals surface area contributed by atoms with Gasteiger partial charge in [-0.25, -0.2) is 9.59 Å². The number of nitrogens with two attached hydrogens (primary N) is 1. The minimum absolute atomic E-state index is 0. The van der Waals surface area contributed by atoms with E-state index in [1.54, 1.807) is 0 Å². The summed E-state index contributed by atoms with van der Waals surface area (Å²) in [6.45, 7) is 1.42. The summed E-state index contributed by atoms with van der Waals surface area (Å²) in [4.78, 5) is 24.0. The van der Waals surface area contributed by atoms with Crippen molar-refractivity contribution >= 4 is 30.0 Å². The van der Waals surface area contributed by atoms with E-state index in [1.165, 1.54) is 18.2 Å². The number of halogens is 1. The average Bonchev–Trinajstić information content (AvgIpc) is 2.39. The minimum atomic E-state index is -1.13. The minimum Gasteiger partial charge on any atom is -0.478 e. The molecule has 110 valence electrons. The second-order valence-corrected chi connectivity index (χ2v) is 4.70. The molecule has 0 bridgehead atoms. The van der Waals surface area contributed by atoms with E-state index in [1.807, 2.05) is 4.90 Å². The highest BCUT2D eigenvalue weighted by Crippen LogP contribution is 2.23. The van der Waals surface area contributed by atoms with Crippen molar-refractivity contribution in [1.82, 2.24) is 0 Å². The first-order valence-electron chi connectivity index (χ1n) is 6.09. The van der Waals surface area contributed by atoms with Crippen molar-refractivity contribution in [2.75, 3.05) is 18.0 Å². The molecule has 7 heteroatoms. The first-order valence-corrected chi connectivity index (χ1v) is 6.09. The first kappa shape index (κ1) is 16.3. The van der Waals surface area contributed by atoms with E-state index in [0.29, 0.717) is 18.8 Å². The lowest BCUT2D eigenvalue weighted by molar-refractivity contribution is 0.0696. The summed E-state index contributed by atoms with van der Waals surface area (Å²) in [6, 6.07) is 4.35. The molecule has 1 aromatic rings. The van der Waals surface area contributed by atoms with Gasteiger partial charge in [-0.15, -0.1) is 12.4 Å². The molecular weight excluding hydrogens is 284 g/mol. The molecule has 2 rings (SSSR count). The van der Waals surface area contributed by atoms with Crippen LogP contribution in [-0.4, -0.2) is 41.3 Å². The Morgan fingerprint density at radius 1 is 1.05 bits per heavy atom. The molecule has 1 fully saturated rings. The zero-order chi connectivity index (χ0) is 14.0. The Morgan fingerprint density at radius 2 is 1.50 bits per heavy atom. The van der Waals surface area contributed by atoms with Crippen LogP contribution in [0.3, 0.4) is 0 Å². The molecule has 0 saturated carbocycles. The van der Waals surface area contributed by atoms with Crippen LogP contribution in [0, 0.1) is 0 Å². The normalized spacial score (nSPS) is 15.6. The van der Waals surface area contributed by atoms with Crippen LogP contribution in [0.4, 0.5) is 5.69 Å². The summed E-state index contributed by atoms with van der Waals surface area (Å²) < 4.78 is 0. The van der Waals surface area contributed by atoms with Gasteiger partial charge in [0, 0.05) is 24.8 Å². The third-order valence-electron chi connectivity index (χ3n) is 3.32. The van der Waals surface area contributed by atoms with Crippen LogP contribution in [0.15, 0.2) is 18.2 Å². The number of aromatic carboxylic acids is 2. The molecule has 0 radical (unpaired) electrons. The van der Waals surface area contributed by atoms with Crippen molar-refractivity contribution in [3.63, 3.8) is 0 Å². The largest absolute Gasteiger partial charge is 0.478 e. The molecule has 1 saturated heterocycles. The van der Waals surface area contributed by atoms with E-state index < -0.39 is 11.9 Å². The first-order chi connectivity index (χ1) is 8.97. The Labute approximate surface area is 122 Å². The summed E-state index contributed by atoms with van der Waals surface area (Å²) in [6.07, 6.45) is 1.64. The van der Waals surface area contributed by atoms with Gasteiger partial charge in [-0.1, -0.05) is 0 Å². The summed E-state index contributed by atoms with van der Waals surface area (Å²) in [5.74, 6) is -2.25. The Hall–Kier alpha value is -1.79. The summed E-state index contributed by atoms with van der Waals surface area (Å²) >= 11 is 0. The quantitative estimate of drug-likeness (QED) is 0.780. The lowest BCUT2D eigenvalue weighted by atomic mass is 10.0. The summed E-state index contributed by atoms with van der Waals surface area (Å²) in [5, 5.41) is 18.0. The lowest BCUT2D eigenvalue weighted by Gasteiger charge is -2.32. The van der Waals surface area contributed by atoms with Gasteiger partial charge >= 0.3 is 11.9 Å². The number of hydrogen-bond acceptors (Lipinski definition) is 4. The van der Waals surface area contributed by atoms with E-state index in [4.69, 9.17) is 15.9 Å². The number of rotatable bonds is 3. The van der Waals surface area contributed by atoms with Crippen LogP contribution >= 0.6 is 12.4 Å². The number of hydrogen-bond donors (Lipinski definition) is 3. The van der Waals surface area contributed by atoms with Gasteiger partial charge in [-0.2, -0.15) is 0 Å². The average molecular weight is 301 g/mol. The van der Waals surface area contributed by atoms with Crippen LogP contribution < -0.4 is 10.6 Å². The van der Waals surface area contributed by atoms with Crippen LogP contribution in [-0.2, 0) is 0 Å². The van der Waals surface area contributed by atoms with Crippen molar-refractivity contribution in [1.29, 1.82) is 0 Å². The summed E-state index contributed by atoms with van der Waals surface area (Å²) in [5.41, 5.74) is 6.43. The number of piperidine rings is 1. The molecule has 0 aromatic heterocycles. The molecule has 20 heavy (non-hydrogen) atoms. The van der Waals surface area contributed by atoms with Gasteiger partial charge in [0.15, 0.2) is 0 Å². The van der Waals surface area contributed by atoms with E-state index in [2.05, 4.69) is 0 Å². The standard InChI is InChI=1S/C13H16N2O4.ClH/c14-10-1-3-15(4-2-10)11-6-8(12(16)17)5-9(7-11)13(18)19;/h5-7,10H,1-4,14H2,(H,16,17)(H,18,19);1H. The molecular formula is C13H17ClN2O4. The smallest absolute Gasteiger partial charge is 0.335 e. The molecule has 1 aromatic carbocycles. The maximum Gasteiger partial charge on any atom is 0.335 e. The topological polar surface area (TPSA) is 104 Å². The Kier molecular flexibility index (Phi) is 5.35. The highest BCUT2D eigenvalue weighted by Gasteiger charge is 2.19. The predicted molar refractivity (Wildman–Crippen MR) is 77.0 cm³/mol. The second kappa shape index (κ2) is 6.58. The third kappa shape index (κ3) is 3.61. The van der Waals surface area contributed by atoms with Gasteiger partial charge < -0.3 is 20.8 Å². The molecule has 0 aliphatic carbocycles. The van der Waals surface area contributed by atoms with Gasteiger partial charge in [-0.3, -0.25) is 0 Å². The number of anilines is 1. The third-order valence-corrected chi connectivity index (χ3v) is 3.32. The monoisotopic (exact) mass is 300 g/mol. The molecule has 4 N–H and O–H groups in total. The fraction of sp³-hybridized carbons (Fsp3) is 0.385. The maximum atomic E-state index is 11.0. The van der Waals surface area contributed by atoms with E-state index in [-0.39, 0.29) is 29.6 Å². The Bertz CT molecular complexity index is 481. The van der Waals surface area contributed by atoms with Gasteiger partial charge in [0.25, 0.3) is 0 Å². The fourth-order valence-electron chi connectivity index (χ4n) is 2.20. The molecule has 0 atom stereocenters. The van der Waals surface area contributed by atoms with Crippen molar-refractivity contribution in [2.45, 2.75) is 18.9 Å². The zero-order valence-corrected chi connectivity index (χ0v) is 11.6. The van der Waals surface area contributed by atoms with Crippen molar-refractivity contribution in [3.05, 3.63) is 29.3 Å². The van der Waals surface area contributed by atoms with Gasteiger partial charge in [0.2, 0.25) is 0 Å². The van der Waals surface area contributed by atoms with Crippen LogP contribution in [0.1, 0.15) is 33.6 Å². The van der Waals surface area contributed by atoms with Crippen LogP contribution in [0.25, 0.3) is 0 Å². The highest BCUT2D eigenvalue weighted by atomic mass is 35.5. The molecule has 0 spiro atoms. The van der Waals surface area contributed by atoms with E-state index >= 15 is 0 Å². The Balaban J connectivity index is 0.00000200. The van der Waals surface area contributed by atoms with E-state index in [0.717, 1.165) is 12.8 Å². The van der Waals surface area contributed by atoms with Crippen molar-refractivity contribution in [2.24, 2.45) is 5.73 Å². The molecule has 1 aliphatic heterocycles. The van der Waals surface area contributed by atoms with Crippen molar-refractivity contribution in [3.8, 4) is 0 Å². The van der Waals surface area contributed by atoms with Crippen LogP contribution in [0.2, 0.25) is 0 Å². The van der Waals surface area contributed by atoms with Gasteiger partial charge in [0.1, 0.15) is 0 Å². The van der Waals surface area contributed by atoms with Gasteiger partial charge in [0.05, 0.1) is 11.1 Å². The zero-order valence-electron chi connectivity index (χ0n) is 10.8. The number of carboxylic acid groups (broad SMARTS) is 2. The SMILES string of the molecule is Cl.NC1CCN(c2cc(C(=O)O)cc(C(=O)O)c2)CC1. The highest BCUT2D eigenvalue weighted by molar-refractivity contribution is 5.95. The number of carbonyl (C=O) groups is 2. The molecule has 1 heterocycles. The van der Waals surface area contributed by atoms with Gasteiger partial charge in [-0.05, 0) is 31.0 Å². The molecule has 1 aliphatic rings. The maximum absolute atomic E-state index is 11.0. The Morgan fingerprint density at radius 3 is 1.90 bits per heavy atom. The predicted octanol–water partition coefficient (Wildman–Crippen LogP) is 1.43. The van der Waals surface area contributed by atoms with Crippen molar-refractivity contribution < 1.29 is 19.8 Å². The number of benzene rings is 1. The number of carboxylic acids is 2. The lowest BCUT2D eigenvalue weighted by Crippen LogP contribution is -2.39. The number of nitrogens with zero attached hydrogens (tertiary/aromatic N) is 1. The fourth-order valence-corrected chi connectivity index (χ4v) is 2.20.